The Balaban J connectivity index is 2.70. The fourth-order valence-corrected chi connectivity index (χ4v) is 1.70. The third-order valence-electron chi connectivity index (χ3n) is 1.95. The minimum Gasteiger partial charge on any atom is -0.466 e. The van der Waals surface area contributed by atoms with Crippen LogP contribution in [0.1, 0.15) is 0 Å². The molecule has 0 amide bonds. The highest BCUT2D eigenvalue weighted by atomic mass is 32.2. The number of benzene rings is 1. The molecule has 0 aliphatic heterocycles. The second-order valence-corrected chi connectivity index (χ2v) is 5.31. The van der Waals surface area contributed by atoms with Crippen molar-refractivity contribution in [3.05, 3.63) is 36.5 Å². The monoisotopic (exact) mass is 255 g/mol. The van der Waals surface area contributed by atoms with Gasteiger partial charge in [0.25, 0.3) is 0 Å². The SMILES string of the molecule is COC(=O)/C=C\Nc1ccc(S(C)(=O)=O)cc1. The molecule has 0 aromatic heterocycles. The molecule has 0 atom stereocenters. The van der Waals surface area contributed by atoms with Gasteiger partial charge in [0.15, 0.2) is 9.84 Å². The number of nitrogens with one attached hydrogen (secondary N) is 1. The molecular formula is C11H13NO4S. The fourth-order valence-electron chi connectivity index (χ4n) is 1.07. The molecule has 1 aromatic carbocycles. The molecule has 17 heavy (non-hydrogen) atoms. The third kappa shape index (κ3) is 4.28. The molecule has 0 aliphatic rings. The van der Waals surface area contributed by atoms with Gasteiger partial charge in [-0.05, 0) is 24.3 Å². The lowest BCUT2D eigenvalue weighted by Crippen LogP contribution is -1.98. The topological polar surface area (TPSA) is 72.5 Å². The van der Waals surface area contributed by atoms with Gasteiger partial charge in [-0.3, -0.25) is 0 Å². The minimum atomic E-state index is -3.18. The van der Waals surface area contributed by atoms with Gasteiger partial charge >= 0.3 is 5.97 Å². The third-order valence-corrected chi connectivity index (χ3v) is 3.08. The van der Waals surface area contributed by atoms with Crippen LogP contribution < -0.4 is 5.32 Å². The summed E-state index contributed by atoms with van der Waals surface area (Å²) in [4.78, 5) is 11.0. The number of hydrogen-bond donors (Lipinski definition) is 1. The second kappa shape index (κ2) is 5.49. The zero-order valence-electron chi connectivity index (χ0n) is 9.51. The summed E-state index contributed by atoms with van der Waals surface area (Å²) in [5.74, 6) is -0.467. The molecule has 92 valence electrons. The maximum Gasteiger partial charge on any atom is 0.331 e. The highest BCUT2D eigenvalue weighted by molar-refractivity contribution is 7.90. The maximum absolute atomic E-state index is 11.2. The number of rotatable bonds is 4. The average molecular weight is 255 g/mol. The van der Waals surface area contributed by atoms with E-state index in [0.29, 0.717) is 5.69 Å². The number of hydrogen-bond acceptors (Lipinski definition) is 5. The first kappa shape index (κ1) is 13.2. The van der Waals surface area contributed by atoms with Crippen molar-refractivity contribution in [3.63, 3.8) is 0 Å². The van der Waals surface area contributed by atoms with Crippen LogP contribution in [0.2, 0.25) is 0 Å². The van der Waals surface area contributed by atoms with Crippen molar-refractivity contribution in [3.8, 4) is 0 Å². The van der Waals surface area contributed by atoms with E-state index < -0.39 is 15.8 Å². The number of carbonyl (C=O) groups is 1. The quantitative estimate of drug-likeness (QED) is 0.646. The Kier molecular flexibility index (Phi) is 4.28. The summed E-state index contributed by atoms with van der Waals surface area (Å²) in [6.45, 7) is 0. The molecule has 1 rings (SSSR count). The van der Waals surface area contributed by atoms with Crippen molar-refractivity contribution in [1.29, 1.82) is 0 Å². The smallest absolute Gasteiger partial charge is 0.331 e. The molecule has 6 heteroatoms. The van der Waals surface area contributed by atoms with Gasteiger partial charge in [-0.25, -0.2) is 13.2 Å². The summed E-state index contributed by atoms with van der Waals surface area (Å²) in [5, 5.41) is 2.81. The molecule has 0 aliphatic carbocycles. The number of ether oxygens (including phenoxy) is 1. The Morgan fingerprint density at radius 2 is 1.88 bits per heavy atom. The molecular weight excluding hydrogens is 242 g/mol. The molecule has 0 fully saturated rings. The fraction of sp³-hybridized carbons (Fsp3) is 0.182. The van der Waals surface area contributed by atoms with Crippen LogP contribution in [0.15, 0.2) is 41.4 Å². The molecule has 1 aromatic rings. The maximum atomic E-state index is 11.2. The van der Waals surface area contributed by atoms with E-state index in [-0.39, 0.29) is 4.90 Å². The van der Waals surface area contributed by atoms with Gasteiger partial charge in [-0.2, -0.15) is 0 Å². The van der Waals surface area contributed by atoms with Gasteiger partial charge in [0.2, 0.25) is 0 Å². The van der Waals surface area contributed by atoms with E-state index in [1.165, 1.54) is 31.5 Å². The van der Waals surface area contributed by atoms with Crippen molar-refractivity contribution in [2.75, 3.05) is 18.7 Å². The number of sulfone groups is 1. The minimum absolute atomic E-state index is 0.250. The first-order valence-corrected chi connectivity index (χ1v) is 6.64. The molecule has 0 saturated carbocycles. The van der Waals surface area contributed by atoms with Gasteiger partial charge in [-0.15, -0.1) is 0 Å². The lowest BCUT2D eigenvalue weighted by Gasteiger charge is -2.02. The Morgan fingerprint density at radius 1 is 1.29 bits per heavy atom. The van der Waals surface area contributed by atoms with Crippen LogP contribution >= 0.6 is 0 Å². The van der Waals surface area contributed by atoms with E-state index in [4.69, 9.17) is 0 Å². The van der Waals surface area contributed by atoms with Crippen LogP contribution in [0.3, 0.4) is 0 Å². The van der Waals surface area contributed by atoms with Crippen LogP contribution in [0, 0.1) is 0 Å². The highest BCUT2D eigenvalue weighted by Gasteiger charge is 2.05. The van der Waals surface area contributed by atoms with Crippen molar-refractivity contribution < 1.29 is 17.9 Å². The summed E-state index contributed by atoms with van der Waals surface area (Å²) < 4.78 is 26.8. The largest absolute Gasteiger partial charge is 0.466 e. The van der Waals surface area contributed by atoms with Crippen LogP contribution in [-0.2, 0) is 19.4 Å². The van der Waals surface area contributed by atoms with Crippen molar-refractivity contribution >= 4 is 21.5 Å². The predicted molar refractivity (Wildman–Crippen MR) is 64.3 cm³/mol. The number of carbonyl (C=O) groups excluding carboxylic acids is 1. The van der Waals surface area contributed by atoms with E-state index in [2.05, 4.69) is 10.1 Å². The van der Waals surface area contributed by atoms with E-state index in [0.717, 1.165) is 6.26 Å². The summed E-state index contributed by atoms with van der Waals surface area (Å²) in [7, 11) is -1.89. The Labute approximate surface area is 100 Å². The van der Waals surface area contributed by atoms with E-state index in [1.54, 1.807) is 12.1 Å². The first-order chi connectivity index (χ1) is 7.93. The van der Waals surface area contributed by atoms with Crippen molar-refractivity contribution in [2.24, 2.45) is 0 Å². The van der Waals surface area contributed by atoms with Crippen LogP contribution in [0.4, 0.5) is 5.69 Å². The van der Waals surface area contributed by atoms with Crippen LogP contribution in [0.5, 0.6) is 0 Å². The Morgan fingerprint density at radius 3 is 2.35 bits per heavy atom. The first-order valence-electron chi connectivity index (χ1n) is 4.74. The Hall–Kier alpha value is -1.82. The summed E-state index contributed by atoms with van der Waals surface area (Å²) in [5.41, 5.74) is 0.678. The Bertz CT molecular complexity index is 517. The van der Waals surface area contributed by atoms with Gasteiger partial charge in [-0.1, -0.05) is 0 Å². The molecule has 0 radical (unpaired) electrons. The number of methoxy groups -OCH3 is 1. The van der Waals surface area contributed by atoms with Crippen LogP contribution in [0.25, 0.3) is 0 Å². The molecule has 0 bridgehead atoms. The molecule has 0 unspecified atom stereocenters. The molecule has 1 N–H and O–H groups in total. The zero-order valence-corrected chi connectivity index (χ0v) is 10.3. The van der Waals surface area contributed by atoms with Gasteiger partial charge < -0.3 is 10.1 Å². The summed E-state index contributed by atoms with van der Waals surface area (Å²) >= 11 is 0. The van der Waals surface area contributed by atoms with Crippen LogP contribution in [-0.4, -0.2) is 27.8 Å². The normalized spacial score (nSPS) is 11.4. The number of anilines is 1. The van der Waals surface area contributed by atoms with Gasteiger partial charge in [0.1, 0.15) is 0 Å². The molecule has 0 spiro atoms. The molecule has 0 heterocycles. The zero-order chi connectivity index (χ0) is 12.9. The second-order valence-electron chi connectivity index (χ2n) is 3.30. The average Bonchev–Trinajstić information content (AvgIpc) is 2.28. The van der Waals surface area contributed by atoms with Gasteiger partial charge in [0.05, 0.1) is 12.0 Å². The standard InChI is InChI=1S/C11H13NO4S/c1-16-11(13)7-8-12-9-3-5-10(6-4-9)17(2,14)15/h3-8,12H,1-2H3/b8-7-. The summed E-state index contributed by atoms with van der Waals surface area (Å²) in [6, 6.07) is 6.20. The van der Waals surface area contributed by atoms with E-state index >= 15 is 0 Å². The lowest BCUT2D eigenvalue weighted by atomic mass is 10.3. The van der Waals surface area contributed by atoms with Crippen molar-refractivity contribution in [2.45, 2.75) is 4.90 Å². The molecule has 5 nitrogen and oxygen atoms in total. The highest BCUT2D eigenvalue weighted by Crippen LogP contribution is 2.13. The number of esters is 1. The molecule has 0 saturated heterocycles. The predicted octanol–water partition coefficient (Wildman–Crippen LogP) is 1.19. The van der Waals surface area contributed by atoms with Gasteiger partial charge in [0, 0.05) is 24.2 Å². The van der Waals surface area contributed by atoms with Crippen molar-refractivity contribution in [1.82, 2.24) is 0 Å². The summed E-state index contributed by atoms with van der Waals surface area (Å²) in [6.07, 6.45) is 3.79. The van der Waals surface area contributed by atoms with E-state index in [9.17, 15) is 13.2 Å². The lowest BCUT2D eigenvalue weighted by molar-refractivity contribution is -0.134. The van der Waals surface area contributed by atoms with E-state index in [1.807, 2.05) is 0 Å².